The van der Waals surface area contributed by atoms with Crippen LogP contribution in [0, 0.1) is 0 Å². The van der Waals surface area contributed by atoms with E-state index in [-0.39, 0.29) is 35.4 Å². The summed E-state index contributed by atoms with van der Waals surface area (Å²) in [6, 6.07) is 66.6. The summed E-state index contributed by atoms with van der Waals surface area (Å²) in [5.74, 6) is 0. The molecule has 10 aromatic carbocycles. The fourth-order valence-electron chi connectivity index (χ4n) is 8.33. The summed E-state index contributed by atoms with van der Waals surface area (Å²) < 4.78 is 44.8. The molecule has 1 heterocycles. The molecule has 2 heteroatoms. The molecule has 0 fully saturated rings. The van der Waals surface area contributed by atoms with Gasteiger partial charge in [0.1, 0.15) is 11.2 Å². The van der Waals surface area contributed by atoms with Crippen molar-refractivity contribution in [1.29, 1.82) is 0 Å². The van der Waals surface area contributed by atoms with Crippen molar-refractivity contribution in [3.63, 3.8) is 0 Å². The van der Waals surface area contributed by atoms with E-state index in [0.29, 0.717) is 16.9 Å². The van der Waals surface area contributed by atoms with Crippen molar-refractivity contribution in [2.24, 2.45) is 0 Å². The molecule has 0 atom stereocenters. The molecule has 11 rings (SSSR count). The van der Waals surface area contributed by atoms with Crippen molar-refractivity contribution < 1.29 is 9.90 Å². The molecule has 0 saturated heterocycles. The maximum Gasteiger partial charge on any atom is 0.143 e. The Bertz CT molecular complexity index is 3490. The molecule has 0 spiro atoms. The van der Waals surface area contributed by atoms with Gasteiger partial charge in [-0.15, -0.1) is 0 Å². The van der Waals surface area contributed by atoms with Crippen LogP contribution in [-0.2, 0) is 0 Å². The van der Waals surface area contributed by atoms with Gasteiger partial charge in [-0.1, -0.05) is 170 Å². The lowest BCUT2D eigenvalue weighted by atomic mass is 9.97. The van der Waals surface area contributed by atoms with Gasteiger partial charge in [0.05, 0.1) is 5.48 Å². The Morgan fingerprint density at radius 2 is 0.966 bits per heavy atom. The summed E-state index contributed by atoms with van der Waals surface area (Å²) in [6.07, 6.45) is 0. The summed E-state index contributed by atoms with van der Waals surface area (Å²) >= 11 is 0. The third-order valence-corrected chi connectivity index (χ3v) is 11.1. The summed E-state index contributed by atoms with van der Waals surface area (Å²) in [7, 11) is 0. The van der Waals surface area contributed by atoms with Crippen LogP contribution in [0.15, 0.2) is 229 Å². The van der Waals surface area contributed by atoms with Crippen LogP contribution in [0.25, 0.3) is 88.0 Å². The van der Waals surface area contributed by atoms with Crippen molar-refractivity contribution in [3.8, 4) is 44.5 Å². The third kappa shape index (κ3) is 5.91. The number of hydrogen-bond donors (Lipinski definition) is 0. The predicted octanol–water partition coefficient (Wildman–Crippen LogP) is 16.0. The van der Waals surface area contributed by atoms with Crippen molar-refractivity contribution >= 4 is 60.5 Å². The second-order valence-corrected chi connectivity index (χ2v) is 14.6. The molecule has 0 saturated carbocycles. The van der Waals surface area contributed by atoms with Gasteiger partial charge in [-0.05, 0) is 115 Å². The number of anilines is 3. The smallest absolute Gasteiger partial charge is 0.143 e. The standard InChI is InChI=1S/C56H37NO/c1-2-12-38(13-3-1)43-17-8-18-44(36-43)39-26-31-46(32-27-39)57(47-33-28-42(29-34-47)50-23-10-16-40-14-4-6-21-49(40)50)48-20-9-19-45(37-48)51-24-11-25-54-55(51)53-35-30-41-15-5-7-22-52(41)56(53)58-54/h1-37H/i26D,27D,31D,32D. The van der Waals surface area contributed by atoms with E-state index in [9.17, 15) is 5.48 Å². The fraction of sp³-hybridized carbons (Fsp3) is 0. The molecule has 0 N–H and O–H groups in total. The van der Waals surface area contributed by atoms with E-state index in [1.807, 2.05) is 120 Å². The van der Waals surface area contributed by atoms with E-state index in [1.54, 1.807) is 0 Å². The van der Waals surface area contributed by atoms with Crippen LogP contribution in [0.1, 0.15) is 5.48 Å². The number of benzene rings is 10. The molecule has 2 nitrogen and oxygen atoms in total. The van der Waals surface area contributed by atoms with Gasteiger partial charge in [0.15, 0.2) is 0 Å². The Labute approximate surface area is 343 Å². The number of rotatable bonds is 7. The second kappa shape index (κ2) is 14.1. The normalized spacial score (nSPS) is 12.4. The highest BCUT2D eigenvalue weighted by atomic mass is 16.3. The SMILES string of the molecule is [2H]c1c([2H])c(N(c2ccc(-c3cccc4ccccc34)cc2)c2cccc(-c3cccc4oc5c6ccccc6ccc5c34)c2)c([2H])c([2H])c1-c1cccc(-c2ccccc2)c1. The van der Waals surface area contributed by atoms with Crippen LogP contribution < -0.4 is 4.90 Å². The Morgan fingerprint density at radius 3 is 1.79 bits per heavy atom. The van der Waals surface area contributed by atoms with Crippen LogP contribution in [0.3, 0.4) is 0 Å². The van der Waals surface area contributed by atoms with Gasteiger partial charge in [0, 0.05) is 33.2 Å². The predicted molar refractivity (Wildman–Crippen MR) is 245 cm³/mol. The maximum atomic E-state index is 9.65. The van der Waals surface area contributed by atoms with Crippen LogP contribution in [0.2, 0.25) is 0 Å². The number of nitrogens with zero attached hydrogens (tertiary/aromatic N) is 1. The lowest BCUT2D eigenvalue weighted by Crippen LogP contribution is -2.10. The largest absolute Gasteiger partial charge is 0.455 e. The molecule has 272 valence electrons. The molecule has 0 radical (unpaired) electrons. The lowest BCUT2D eigenvalue weighted by molar-refractivity contribution is 0.673. The summed E-state index contributed by atoms with van der Waals surface area (Å²) in [5.41, 5.74) is 10.0. The first-order chi connectivity index (χ1) is 30.4. The number of furan rings is 1. The minimum absolute atomic E-state index is 0.110. The van der Waals surface area contributed by atoms with Crippen molar-refractivity contribution in [1.82, 2.24) is 0 Å². The highest BCUT2D eigenvalue weighted by molar-refractivity contribution is 6.19. The van der Waals surface area contributed by atoms with Crippen LogP contribution in [-0.4, -0.2) is 0 Å². The van der Waals surface area contributed by atoms with E-state index in [2.05, 4.69) is 84.9 Å². The van der Waals surface area contributed by atoms with Crippen LogP contribution >= 0.6 is 0 Å². The van der Waals surface area contributed by atoms with E-state index in [1.165, 1.54) is 0 Å². The molecule has 0 amide bonds. The number of fused-ring (bicyclic) bond motifs is 6. The van der Waals surface area contributed by atoms with Crippen molar-refractivity contribution in [2.75, 3.05) is 4.90 Å². The monoisotopic (exact) mass is 743 g/mol. The van der Waals surface area contributed by atoms with E-state index < -0.39 is 0 Å². The van der Waals surface area contributed by atoms with Crippen molar-refractivity contribution in [2.45, 2.75) is 0 Å². The molecule has 0 unspecified atom stereocenters. The molecular formula is C56H37NO. The highest BCUT2D eigenvalue weighted by Gasteiger charge is 2.18. The topological polar surface area (TPSA) is 16.4 Å². The van der Waals surface area contributed by atoms with Crippen molar-refractivity contribution in [3.05, 3.63) is 224 Å². The summed E-state index contributed by atoms with van der Waals surface area (Å²) in [4.78, 5) is 1.86. The quantitative estimate of drug-likeness (QED) is 0.162. The van der Waals surface area contributed by atoms with E-state index in [4.69, 9.17) is 4.42 Å². The zero-order valence-electron chi connectivity index (χ0n) is 35.4. The molecule has 0 aliphatic heterocycles. The first-order valence-corrected chi connectivity index (χ1v) is 19.5. The zero-order chi connectivity index (χ0) is 41.9. The van der Waals surface area contributed by atoms with Gasteiger partial charge in [-0.2, -0.15) is 0 Å². The van der Waals surface area contributed by atoms with Gasteiger partial charge in [-0.3, -0.25) is 0 Å². The molecule has 1 aromatic heterocycles. The Kier molecular flexibility index (Phi) is 7.20. The number of hydrogen-bond acceptors (Lipinski definition) is 2. The second-order valence-electron chi connectivity index (χ2n) is 14.6. The van der Waals surface area contributed by atoms with Gasteiger partial charge in [0.2, 0.25) is 0 Å². The van der Waals surface area contributed by atoms with Crippen LogP contribution in [0.4, 0.5) is 17.1 Å². The first-order valence-electron chi connectivity index (χ1n) is 21.5. The summed E-state index contributed by atoms with van der Waals surface area (Å²) in [6.45, 7) is 0. The first kappa shape index (κ1) is 29.6. The molecule has 0 aliphatic rings. The minimum atomic E-state index is -0.135. The molecule has 0 bridgehead atoms. The molecule has 0 aliphatic carbocycles. The van der Waals surface area contributed by atoms with Crippen LogP contribution in [0.5, 0.6) is 0 Å². The molecule has 58 heavy (non-hydrogen) atoms. The molecule has 11 aromatic rings. The van der Waals surface area contributed by atoms with E-state index in [0.717, 1.165) is 76.9 Å². The molecular weight excluding hydrogens is 703 g/mol. The summed E-state index contributed by atoms with van der Waals surface area (Å²) in [5, 5.41) is 6.49. The zero-order valence-corrected chi connectivity index (χ0v) is 31.4. The highest BCUT2D eigenvalue weighted by Crippen LogP contribution is 2.43. The van der Waals surface area contributed by atoms with Gasteiger partial charge in [-0.25, -0.2) is 0 Å². The van der Waals surface area contributed by atoms with Gasteiger partial charge >= 0.3 is 0 Å². The maximum absolute atomic E-state index is 9.65. The Balaban J connectivity index is 1.09. The average molecular weight is 744 g/mol. The lowest BCUT2D eigenvalue weighted by Gasteiger charge is -2.26. The third-order valence-electron chi connectivity index (χ3n) is 11.1. The Hall–Kier alpha value is -7.68. The average Bonchev–Trinajstić information content (AvgIpc) is 3.72. The van der Waals surface area contributed by atoms with Gasteiger partial charge in [0.25, 0.3) is 0 Å². The fourth-order valence-corrected chi connectivity index (χ4v) is 8.33. The Morgan fingerprint density at radius 1 is 0.345 bits per heavy atom. The van der Waals surface area contributed by atoms with Gasteiger partial charge < -0.3 is 9.32 Å². The van der Waals surface area contributed by atoms with E-state index >= 15 is 0 Å². The minimum Gasteiger partial charge on any atom is -0.455 e.